The molecule has 1 aliphatic heterocycles. The first-order valence-corrected chi connectivity index (χ1v) is 6.33. The first kappa shape index (κ1) is 12.0. The molecular formula is C14H21N3. The van der Waals surface area contributed by atoms with Crippen LogP contribution >= 0.6 is 0 Å². The highest BCUT2D eigenvalue weighted by atomic mass is 15.3. The first-order chi connectivity index (χ1) is 8.22. The summed E-state index contributed by atoms with van der Waals surface area (Å²) in [6.45, 7) is 6.11. The van der Waals surface area contributed by atoms with Crippen molar-refractivity contribution in [3.8, 4) is 0 Å². The zero-order chi connectivity index (χ0) is 12.3. The smallest absolute Gasteiger partial charge is 0.191 e. The van der Waals surface area contributed by atoms with E-state index >= 15 is 0 Å². The van der Waals surface area contributed by atoms with Crippen molar-refractivity contribution in [1.29, 1.82) is 0 Å². The van der Waals surface area contributed by atoms with E-state index < -0.39 is 0 Å². The van der Waals surface area contributed by atoms with E-state index in [1.807, 2.05) is 0 Å². The fraction of sp³-hybridized carbons (Fsp3) is 0.500. The van der Waals surface area contributed by atoms with Crippen LogP contribution in [0, 0.1) is 0 Å². The van der Waals surface area contributed by atoms with E-state index in [1.54, 1.807) is 0 Å². The molecule has 0 aliphatic carbocycles. The lowest BCUT2D eigenvalue weighted by Crippen LogP contribution is -2.52. The van der Waals surface area contributed by atoms with E-state index in [4.69, 9.17) is 5.73 Å². The van der Waals surface area contributed by atoms with Gasteiger partial charge in [0.2, 0.25) is 0 Å². The molecule has 2 N–H and O–H groups in total. The molecule has 1 aliphatic rings. The van der Waals surface area contributed by atoms with E-state index in [1.165, 1.54) is 5.56 Å². The molecule has 0 radical (unpaired) electrons. The Hall–Kier alpha value is -1.51. The molecule has 0 bridgehead atoms. The maximum absolute atomic E-state index is 5.97. The Morgan fingerprint density at radius 1 is 1.29 bits per heavy atom. The van der Waals surface area contributed by atoms with Crippen molar-refractivity contribution in [2.24, 2.45) is 10.7 Å². The second kappa shape index (κ2) is 4.78. The third-order valence-corrected chi connectivity index (χ3v) is 3.73. The number of aliphatic imine (C=N–C) groups is 1. The second-order valence-corrected chi connectivity index (χ2v) is 4.66. The summed E-state index contributed by atoms with van der Waals surface area (Å²) < 4.78 is 0. The first-order valence-electron chi connectivity index (χ1n) is 6.33. The normalized spacial score (nSPS) is 23.9. The largest absolute Gasteiger partial charge is 0.370 e. The monoisotopic (exact) mass is 231 g/mol. The molecule has 0 saturated carbocycles. The summed E-state index contributed by atoms with van der Waals surface area (Å²) in [5, 5.41) is 0. The van der Waals surface area contributed by atoms with Crippen LogP contribution in [0.15, 0.2) is 35.3 Å². The van der Waals surface area contributed by atoms with Crippen LogP contribution in [-0.4, -0.2) is 29.5 Å². The Labute approximate surface area is 103 Å². The van der Waals surface area contributed by atoms with E-state index in [0.29, 0.717) is 5.96 Å². The molecule has 0 saturated heterocycles. The molecule has 1 unspecified atom stereocenters. The van der Waals surface area contributed by atoms with Gasteiger partial charge >= 0.3 is 0 Å². The van der Waals surface area contributed by atoms with Crippen molar-refractivity contribution < 1.29 is 0 Å². The van der Waals surface area contributed by atoms with E-state index in [0.717, 1.165) is 25.9 Å². The molecular weight excluding hydrogens is 210 g/mol. The van der Waals surface area contributed by atoms with Crippen LogP contribution in [0.5, 0.6) is 0 Å². The molecule has 2 rings (SSSR count). The predicted octanol–water partition coefficient (Wildman–Crippen LogP) is 2.03. The molecule has 0 amide bonds. The molecule has 1 atom stereocenters. The standard InChI is InChI=1S/C14H21N3/c1-3-14(10-12-8-6-5-7-9-12)11-16-13(15)17(14)4-2/h5-9H,3-4,10-11H2,1-2H3,(H2,15,16). The summed E-state index contributed by atoms with van der Waals surface area (Å²) in [6.07, 6.45) is 2.09. The highest BCUT2D eigenvalue weighted by molar-refractivity contribution is 5.81. The van der Waals surface area contributed by atoms with Gasteiger partial charge in [0.15, 0.2) is 5.96 Å². The summed E-state index contributed by atoms with van der Waals surface area (Å²) in [6, 6.07) is 10.6. The van der Waals surface area contributed by atoms with Crippen molar-refractivity contribution in [2.75, 3.05) is 13.1 Å². The Bertz CT molecular complexity index is 399. The van der Waals surface area contributed by atoms with Gasteiger partial charge in [-0.15, -0.1) is 0 Å². The van der Waals surface area contributed by atoms with Gasteiger partial charge in [0.1, 0.15) is 0 Å². The van der Waals surface area contributed by atoms with Crippen molar-refractivity contribution >= 4 is 5.96 Å². The maximum Gasteiger partial charge on any atom is 0.191 e. The molecule has 3 heteroatoms. The molecule has 17 heavy (non-hydrogen) atoms. The molecule has 0 spiro atoms. The van der Waals surface area contributed by atoms with Crippen LogP contribution in [0.3, 0.4) is 0 Å². The SMILES string of the molecule is CCN1C(N)=NCC1(CC)Cc1ccccc1. The molecule has 1 aromatic rings. The second-order valence-electron chi connectivity index (χ2n) is 4.66. The van der Waals surface area contributed by atoms with E-state index in [2.05, 4.69) is 54.1 Å². The number of hydrogen-bond acceptors (Lipinski definition) is 3. The molecule has 92 valence electrons. The van der Waals surface area contributed by atoms with Crippen LogP contribution in [0.4, 0.5) is 0 Å². The van der Waals surface area contributed by atoms with Crippen LogP contribution in [0.1, 0.15) is 25.8 Å². The Morgan fingerprint density at radius 2 is 2.00 bits per heavy atom. The molecule has 1 heterocycles. The van der Waals surface area contributed by atoms with Crippen molar-refractivity contribution in [2.45, 2.75) is 32.2 Å². The average molecular weight is 231 g/mol. The highest BCUT2D eigenvalue weighted by Crippen LogP contribution is 2.29. The van der Waals surface area contributed by atoms with Crippen molar-refractivity contribution in [3.63, 3.8) is 0 Å². The fourth-order valence-corrected chi connectivity index (χ4v) is 2.69. The number of nitrogens with two attached hydrogens (primary N) is 1. The average Bonchev–Trinajstić information content (AvgIpc) is 2.68. The van der Waals surface area contributed by atoms with Gasteiger partial charge < -0.3 is 10.6 Å². The molecule has 3 nitrogen and oxygen atoms in total. The van der Waals surface area contributed by atoms with Crippen LogP contribution in [-0.2, 0) is 6.42 Å². The number of likely N-dealkylation sites (N-methyl/N-ethyl adjacent to an activating group) is 1. The third-order valence-electron chi connectivity index (χ3n) is 3.73. The summed E-state index contributed by atoms with van der Waals surface area (Å²) in [5.41, 5.74) is 7.41. The van der Waals surface area contributed by atoms with Gasteiger partial charge in [-0.25, -0.2) is 0 Å². The summed E-state index contributed by atoms with van der Waals surface area (Å²) in [7, 11) is 0. The van der Waals surface area contributed by atoms with Crippen LogP contribution < -0.4 is 5.73 Å². The maximum atomic E-state index is 5.97. The lowest BCUT2D eigenvalue weighted by atomic mass is 9.87. The summed E-state index contributed by atoms with van der Waals surface area (Å²) in [4.78, 5) is 6.68. The minimum absolute atomic E-state index is 0.0835. The van der Waals surface area contributed by atoms with Crippen molar-refractivity contribution in [3.05, 3.63) is 35.9 Å². The van der Waals surface area contributed by atoms with Crippen LogP contribution in [0.2, 0.25) is 0 Å². The number of nitrogens with zero attached hydrogens (tertiary/aromatic N) is 2. The fourth-order valence-electron chi connectivity index (χ4n) is 2.69. The highest BCUT2D eigenvalue weighted by Gasteiger charge is 2.39. The van der Waals surface area contributed by atoms with Crippen molar-refractivity contribution in [1.82, 2.24) is 4.90 Å². The van der Waals surface area contributed by atoms with Crippen LogP contribution in [0.25, 0.3) is 0 Å². The third kappa shape index (κ3) is 2.14. The number of rotatable bonds is 4. The van der Waals surface area contributed by atoms with Gasteiger partial charge in [-0.3, -0.25) is 4.99 Å². The van der Waals surface area contributed by atoms with E-state index in [9.17, 15) is 0 Å². The minimum Gasteiger partial charge on any atom is -0.370 e. The molecule has 0 fully saturated rings. The number of guanidine groups is 1. The zero-order valence-electron chi connectivity index (χ0n) is 10.7. The van der Waals surface area contributed by atoms with Gasteiger partial charge in [-0.1, -0.05) is 37.3 Å². The predicted molar refractivity (Wildman–Crippen MR) is 72.0 cm³/mol. The van der Waals surface area contributed by atoms with Gasteiger partial charge in [0, 0.05) is 6.54 Å². The number of benzene rings is 1. The van der Waals surface area contributed by atoms with Gasteiger partial charge in [0.25, 0.3) is 0 Å². The quantitative estimate of drug-likeness (QED) is 0.861. The van der Waals surface area contributed by atoms with E-state index in [-0.39, 0.29) is 5.54 Å². The molecule has 1 aromatic carbocycles. The van der Waals surface area contributed by atoms with Gasteiger partial charge in [-0.2, -0.15) is 0 Å². The zero-order valence-corrected chi connectivity index (χ0v) is 10.7. The minimum atomic E-state index is 0.0835. The Kier molecular flexibility index (Phi) is 3.36. The van der Waals surface area contributed by atoms with Gasteiger partial charge in [-0.05, 0) is 25.3 Å². The van der Waals surface area contributed by atoms with Gasteiger partial charge in [0.05, 0.1) is 12.1 Å². The Morgan fingerprint density at radius 3 is 2.59 bits per heavy atom. The number of hydrogen-bond donors (Lipinski definition) is 1. The topological polar surface area (TPSA) is 41.6 Å². The summed E-state index contributed by atoms with van der Waals surface area (Å²) >= 11 is 0. The summed E-state index contributed by atoms with van der Waals surface area (Å²) in [5.74, 6) is 0.699. The molecule has 0 aromatic heterocycles. The Balaban J connectivity index is 2.22. The lowest BCUT2D eigenvalue weighted by Gasteiger charge is -2.38. The lowest BCUT2D eigenvalue weighted by molar-refractivity contribution is 0.199.